The van der Waals surface area contributed by atoms with E-state index in [1.807, 2.05) is 0 Å². The number of aliphatic carboxylic acids is 1. The molecule has 18 heteroatoms. The number of benzene rings is 4. The van der Waals surface area contributed by atoms with Gasteiger partial charge in [0.2, 0.25) is 12.2 Å². The van der Waals surface area contributed by atoms with Crippen molar-refractivity contribution in [2.75, 3.05) is 17.3 Å². The number of ether oxygens (including phenoxy) is 3. The van der Waals surface area contributed by atoms with E-state index in [4.69, 9.17) is 14.2 Å². The van der Waals surface area contributed by atoms with Gasteiger partial charge in [-0.1, -0.05) is 54.6 Å². The Hall–Kier alpha value is -4.99. The van der Waals surface area contributed by atoms with Crippen molar-refractivity contribution in [1.82, 2.24) is 0 Å². The lowest BCUT2D eigenvalue weighted by molar-refractivity contribution is -0.271. The van der Waals surface area contributed by atoms with Crippen LogP contribution in [-0.2, 0) is 29.9 Å². The summed E-state index contributed by atoms with van der Waals surface area (Å²) in [5.74, 6) is -4.21. The quantitative estimate of drug-likeness (QED) is 0.0708. The topological polar surface area (TPSA) is 261 Å². The van der Waals surface area contributed by atoms with Crippen LogP contribution < -0.4 is 9.64 Å². The van der Waals surface area contributed by atoms with Crippen molar-refractivity contribution in [3.05, 3.63) is 120 Å². The van der Waals surface area contributed by atoms with Gasteiger partial charge in [0, 0.05) is 27.6 Å². The third-order valence-electron chi connectivity index (χ3n) is 10.7. The van der Waals surface area contributed by atoms with E-state index < -0.39 is 119 Å². The Bertz CT molecular complexity index is 2190. The molecule has 3 fully saturated rings. The van der Waals surface area contributed by atoms with Gasteiger partial charge >= 0.3 is 5.97 Å². The van der Waals surface area contributed by atoms with E-state index in [1.165, 1.54) is 29.2 Å². The van der Waals surface area contributed by atoms with E-state index in [9.17, 15) is 63.8 Å². The summed E-state index contributed by atoms with van der Waals surface area (Å²) < 4.78 is 44.8. The predicted molar refractivity (Wildman–Crippen MR) is 204 cm³/mol. The highest BCUT2D eigenvalue weighted by molar-refractivity contribution is 7.87. The number of Topliss-reactive ketones (excluding diaryl/α,β-unsaturated/α-hetero) is 1. The molecule has 0 saturated carbocycles. The third kappa shape index (κ3) is 8.16. The van der Waals surface area contributed by atoms with Gasteiger partial charge in [-0.25, -0.2) is 9.18 Å². The molecule has 0 aromatic heterocycles. The van der Waals surface area contributed by atoms with Crippen LogP contribution in [0.3, 0.4) is 0 Å². The van der Waals surface area contributed by atoms with Crippen LogP contribution >= 0.6 is 0 Å². The fraction of sp³-hybridized carbons (Fsp3) is 0.341. The van der Waals surface area contributed by atoms with Gasteiger partial charge in [-0.3, -0.25) is 13.8 Å². The number of nitrogens with zero attached hydrogens (tertiary/aromatic N) is 1. The molecule has 1 amide bonds. The van der Waals surface area contributed by atoms with Crippen molar-refractivity contribution in [3.8, 4) is 16.9 Å². The number of para-hydroxylation sites is 1. The number of anilines is 1. The number of aliphatic hydroxyl groups excluding tert-OH is 7. The number of rotatable bonds is 12. The maximum atomic E-state index is 14.0. The van der Waals surface area contributed by atoms with Gasteiger partial charge in [-0.15, -0.1) is 0 Å². The minimum absolute atomic E-state index is 0.0751. The minimum Gasteiger partial charge on any atom is -0.479 e. The van der Waals surface area contributed by atoms with Gasteiger partial charge in [-0.2, -0.15) is 0 Å². The Kier molecular flexibility index (Phi) is 12.4. The molecule has 0 aliphatic carbocycles. The summed E-state index contributed by atoms with van der Waals surface area (Å²) in [7, 11) is -2.17. The van der Waals surface area contributed by atoms with Crippen molar-refractivity contribution in [2.24, 2.45) is 0 Å². The molecule has 7 rings (SSSR count). The predicted octanol–water partition coefficient (Wildman–Crippen LogP) is 0.367. The molecule has 3 saturated heterocycles. The van der Waals surface area contributed by atoms with Crippen LogP contribution in [0.15, 0.2) is 97.1 Å². The first-order valence-corrected chi connectivity index (χ1v) is 19.8. The van der Waals surface area contributed by atoms with E-state index in [0.717, 1.165) is 12.1 Å². The lowest BCUT2D eigenvalue weighted by atomic mass is 9.89. The SMILES string of the molecule is O=C(CS(=O)[C@H]1C(=O)N(c2ccccc2)[C@@H]1c1ccc(-c2ccc(C3O[C@H](CO)[C@@H](O)[C@H](O)[C@H]3O)cc2)cc1O[C@@H]1OC(C(=O)O)C(O)[C@H](O)C1O)c1ccc(F)cc1. The summed E-state index contributed by atoms with van der Waals surface area (Å²) in [6, 6.07) is 22.8. The second-order valence-electron chi connectivity index (χ2n) is 14.3. The number of ketones is 1. The summed E-state index contributed by atoms with van der Waals surface area (Å²) in [5, 5.41) is 81.0. The fourth-order valence-corrected chi connectivity index (χ4v) is 8.91. The number of aliphatic hydroxyl groups is 7. The Morgan fingerprint density at radius 2 is 1.41 bits per heavy atom. The number of hydrogen-bond donors (Lipinski definition) is 8. The standard InChI is InChI=1S/C41H40FNO15S/c42-23-13-10-20(11-14-23)26(45)18-59(55)38-29(43(39(38)52)24-4-2-1-3-5-24)25-15-12-22(16-27(25)57-41-35(51)32(48)34(50)37(58-41)40(53)54)19-6-8-21(9-7-19)36-33(49)31(47)30(46)28(17-44)56-36/h1-16,28-38,41,44,46-51H,17-18H2,(H,53,54)/t28-,29-,30-,31+,32+,33-,34?,35?,36?,37?,38-,41-,59?/m1/s1. The Morgan fingerprint density at radius 3 is 2.05 bits per heavy atom. The number of halogens is 1. The van der Waals surface area contributed by atoms with E-state index in [-0.39, 0.29) is 16.9 Å². The minimum atomic E-state index is -2.17. The first-order valence-electron chi connectivity index (χ1n) is 18.4. The zero-order valence-corrected chi connectivity index (χ0v) is 31.6. The molecule has 59 heavy (non-hydrogen) atoms. The lowest BCUT2D eigenvalue weighted by Gasteiger charge is -2.47. The molecule has 3 aliphatic rings. The monoisotopic (exact) mass is 837 g/mol. The molecule has 0 radical (unpaired) electrons. The zero-order chi connectivity index (χ0) is 42.3. The van der Waals surface area contributed by atoms with E-state index >= 15 is 0 Å². The smallest absolute Gasteiger partial charge is 0.335 e. The zero-order valence-electron chi connectivity index (χ0n) is 30.7. The largest absolute Gasteiger partial charge is 0.479 e. The highest BCUT2D eigenvalue weighted by Crippen LogP contribution is 2.47. The summed E-state index contributed by atoms with van der Waals surface area (Å²) in [6.45, 7) is -0.620. The number of carbonyl (C=O) groups excluding carboxylic acids is 2. The number of carboxylic acid groups (broad SMARTS) is 1. The second-order valence-corrected chi connectivity index (χ2v) is 15.9. The maximum absolute atomic E-state index is 14.0. The Balaban J connectivity index is 1.28. The molecule has 5 unspecified atom stereocenters. The molecule has 16 nitrogen and oxygen atoms in total. The van der Waals surface area contributed by atoms with Crippen molar-refractivity contribution in [2.45, 2.75) is 72.5 Å². The first-order chi connectivity index (χ1) is 28.2. The summed E-state index contributed by atoms with van der Waals surface area (Å²) in [5.41, 5.74) is 1.95. The first kappa shape index (κ1) is 42.1. The van der Waals surface area contributed by atoms with Crippen LogP contribution in [0.4, 0.5) is 10.1 Å². The fourth-order valence-electron chi connectivity index (χ4n) is 7.41. The molecule has 3 aliphatic heterocycles. The molecular formula is C41H40FNO15S. The van der Waals surface area contributed by atoms with Crippen molar-refractivity contribution in [3.63, 3.8) is 0 Å². The van der Waals surface area contributed by atoms with Crippen LogP contribution in [0.2, 0.25) is 0 Å². The van der Waals surface area contributed by atoms with E-state index in [0.29, 0.717) is 22.4 Å². The normalized spacial score (nSPS) is 31.3. The highest BCUT2D eigenvalue weighted by Gasteiger charge is 2.54. The Morgan fingerprint density at radius 1 is 0.763 bits per heavy atom. The van der Waals surface area contributed by atoms with Gasteiger partial charge in [-0.05, 0) is 59.2 Å². The van der Waals surface area contributed by atoms with Crippen molar-refractivity contribution in [1.29, 1.82) is 0 Å². The molecule has 13 atom stereocenters. The molecule has 0 bridgehead atoms. The average molecular weight is 838 g/mol. The number of hydrogen-bond acceptors (Lipinski definition) is 14. The summed E-state index contributed by atoms with van der Waals surface area (Å²) in [4.78, 5) is 40.4. The van der Waals surface area contributed by atoms with Crippen LogP contribution in [-0.4, -0.2) is 135 Å². The number of amides is 1. The van der Waals surface area contributed by atoms with Crippen molar-refractivity contribution < 1.29 is 78.0 Å². The lowest BCUT2D eigenvalue weighted by Crippen LogP contribution is -2.62. The summed E-state index contributed by atoms with van der Waals surface area (Å²) >= 11 is 0. The second kappa shape index (κ2) is 17.3. The molecule has 4 aromatic carbocycles. The molecule has 3 heterocycles. The Labute approximate surface area is 337 Å². The van der Waals surface area contributed by atoms with Crippen LogP contribution in [0.25, 0.3) is 11.1 Å². The van der Waals surface area contributed by atoms with Gasteiger partial charge < -0.3 is 60.0 Å². The van der Waals surface area contributed by atoms with Gasteiger partial charge in [0.25, 0.3) is 0 Å². The molecule has 8 N–H and O–H groups in total. The van der Waals surface area contributed by atoms with Crippen LogP contribution in [0.5, 0.6) is 5.75 Å². The molecular weight excluding hydrogens is 798 g/mol. The highest BCUT2D eigenvalue weighted by atomic mass is 32.2. The van der Waals surface area contributed by atoms with Crippen LogP contribution in [0.1, 0.15) is 33.6 Å². The number of carbonyl (C=O) groups is 3. The maximum Gasteiger partial charge on any atom is 0.335 e. The average Bonchev–Trinajstić information content (AvgIpc) is 3.23. The molecule has 312 valence electrons. The third-order valence-corrected chi connectivity index (χ3v) is 12.2. The van der Waals surface area contributed by atoms with Gasteiger partial charge in [0.1, 0.15) is 65.6 Å². The molecule has 0 spiro atoms. The van der Waals surface area contributed by atoms with E-state index in [2.05, 4.69) is 0 Å². The van der Waals surface area contributed by atoms with Crippen molar-refractivity contribution >= 4 is 34.1 Å². The van der Waals surface area contributed by atoms with E-state index in [1.54, 1.807) is 60.7 Å². The molecule has 4 aromatic rings. The van der Waals surface area contributed by atoms with Crippen LogP contribution in [0, 0.1) is 5.82 Å². The number of β-lactam (4-membered cyclic amide) rings is 1. The van der Waals surface area contributed by atoms with Gasteiger partial charge in [0.05, 0.1) is 18.4 Å². The summed E-state index contributed by atoms with van der Waals surface area (Å²) in [6.07, 6.45) is -16.9. The van der Waals surface area contributed by atoms with Gasteiger partial charge in [0.15, 0.2) is 11.9 Å². The number of carboxylic acids is 1.